The minimum Gasteiger partial charge on any atom is -0.387 e. The first-order chi connectivity index (χ1) is 10.6. The lowest BCUT2D eigenvalue weighted by atomic mass is 10.1. The number of fused-ring (bicyclic) bond motifs is 1. The van der Waals surface area contributed by atoms with Gasteiger partial charge in [-0.3, -0.25) is 4.90 Å². The van der Waals surface area contributed by atoms with Crippen LogP contribution in [0.3, 0.4) is 0 Å². The molecule has 2 aromatic rings. The molecule has 3 atom stereocenters. The Kier molecular flexibility index (Phi) is 4.25. The van der Waals surface area contributed by atoms with Crippen LogP contribution < -0.4 is 0 Å². The van der Waals surface area contributed by atoms with Gasteiger partial charge in [0.1, 0.15) is 5.82 Å². The van der Waals surface area contributed by atoms with Crippen molar-refractivity contribution in [3.05, 3.63) is 71.0 Å². The lowest BCUT2D eigenvalue weighted by Gasteiger charge is -2.29. The van der Waals surface area contributed by atoms with Crippen molar-refractivity contribution in [2.45, 2.75) is 24.7 Å². The molecule has 2 N–H and O–H groups in total. The molecule has 0 fully saturated rings. The molecule has 22 heavy (non-hydrogen) atoms. The number of benzene rings is 2. The van der Waals surface area contributed by atoms with Gasteiger partial charge in [-0.2, -0.15) is 0 Å². The molecule has 3 nitrogen and oxygen atoms in total. The number of rotatable bonds is 4. The summed E-state index contributed by atoms with van der Waals surface area (Å²) in [6.45, 7) is 0.390. The third-order valence-corrected chi connectivity index (χ3v) is 4.45. The summed E-state index contributed by atoms with van der Waals surface area (Å²) < 4.78 is 12.9. The van der Waals surface area contributed by atoms with E-state index in [-0.39, 0.29) is 11.9 Å². The van der Waals surface area contributed by atoms with Crippen LogP contribution in [0.15, 0.2) is 48.5 Å². The second-order valence-electron chi connectivity index (χ2n) is 5.92. The molecule has 4 heteroatoms. The van der Waals surface area contributed by atoms with Crippen molar-refractivity contribution in [3.8, 4) is 0 Å². The molecule has 2 aromatic carbocycles. The van der Waals surface area contributed by atoms with Crippen LogP contribution >= 0.6 is 0 Å². The first kappa shape index (κ1) is 15.2. The summed E-state index contributed by atoms with van der Waals surface area (Å²) in [5, 5.41) is 20.8. The van der Waals surface area contributed by atoms with Crippen LogP contribution in [0.4, 0.5) is 4.39 Å². The lowest BCUT2D eigenvalue weighted by molar-refractivity contribution is 0.0431. The monoisotopic (exact) mass is 301 g/mol. The van der Waals surface area contributed by atoms with Gasteiger partial charge in [0.25, 0.3) is 0 Å². The summed E-state index contributed by atoms with van der Waals surface area (Å²) in [7, 11) is 1.90. The summed E-state index contributed by atoms with van der Waals surface area (Å²) in [4.78, 5) is 1.97. The van der Waals surface area contributed by atoms with E-state index in [1.165, 1.54) is 12.1 Å². The van der Waals surface area contributed by atoms with Gasteiger partial charge in [-0.1, -0.05) is 36.4 Å². The van der Waals surface area contributed by atoms with E-state index in [9.17, 15) is 14.6 Å². The molecule has 0 amide bonds. The van der Waals surface area contributed by atoms with E-state index in [2.05, 4.69) is 0 Å². The average molecular weight is 301 g/mol. The van der Waals surface area contributed by atoms with E-state index < -0.39 is 12.2 Å². The molecule has 0 aliphatic heterocycles. The summed E-state index contributed by atoms with van der Waals surface area (Å²) in [5.41, 5.74) is 2.80. The summed E-state index contributed by atoms with van der Waals surface area (Å²) in [6.07, 6.45) is -0.479. The van der Waals surface area contributed by atoms with Crippen molar-refractivity contribution in [2.75, 3.05) is 13.6 Å². The van der Waals surface area contributed by atoms with Crippen LogP contribution in [0, 0.1) is 5.82 Å². The van der Waals surface area contributed by atoms with Crippen LogP contribution in [0.1, 0.15) is 28.9 Å². The first-order valence-corrected chi connectivity index (χ1v) is 7.46. The maximum absolute atomic E-state index is 12.9. The molecule has 0 heterocycles. The Morgan fingerprint density at radius 2 is 1.86 bits per heavy atom. The topological polar surface area (TPSA) is 43.7 Å². The zero-order chi connectivity index (χ0) is 15.7. The normalized spacial score (nSPS) is 21.9. The predicted molar refractivity (Wildman–Crippen MR) is 82.9 cm³/mol. The lowest BCUT2D eigenvalue weighted by Crippen LogP contribution is -2.37. The van der Waals surface area contributed by atoms with Gasteiger partial charge in [0.15, 0.2) is 0 Å². The number of aliphatic hydroxyl groups is 2. The Bertz CT molecular complexity index is 644. The first-order valence-electron chi connectivity index (χ1n) is 7.46. The summed E-state index contributed by atoms with van der Waals surface area (Å²) >= 11 is 0. The maximum Gasteiger partial charge on any atom is 0.123 e. The zero-order valence-corrected chi connectivity index (χ0v) is 12.5. The Hall–Kier alpha value is -1.75. The highest BCUT2D eigenvalue weighted by Crippen LogP contribution is 2.34. The summed E-state index contributed by atoms with van der Waals surface area (Å²) in [6, 6.07) is 13.7. The van der Waals surface area contributed by atoms with Crippen molar-refractivity contribution < 1.29 is 14.6 Å². The number of hydrogen-bond acceptors (Lipinski definition) is 3. The molecule has 3 unspecified atom stereocenters. The van der Waals surface area contributed by atoms with Gasteiger partial charge in [-0.15, -0.1) is 0 Å². The molecule has 0 bridgehead atoms. The SMILES string of the molecule is CN(CC(O)c1ccc(F)cc1)C1Cc2ccccc2C1O. The Morgan fingerprint density at radius 3 is 2.55 bits per heavy atom. The molecule has 1 aliphatic rings. The number of likely N-dealkylation sites (N-methyl/N-ethyl adjacent to an activating group) is 1. The van der Waals surface area contributed by atoms with Crippen LogP contribution in [0.25, 0.3) is 0 Å². The molecule has 0 spiro atoms. The molecule has 0 saturated heterocycles. The second-order valence-corrected chi connectivity index (χ2v) is 5.92. The van der Waals surface area contributed by atoms with Gasteiger partial charge in [0.05, 0.1) is 12.2 Å². The molecule has 0 radical (unpaired) electrons. The number of aliphatic hydroxyl groups excluding tert-OH is 2. The fourth-order valence-electron chi connectivity index (χ4n) is 3.15. The Morgan fingerprint density at radius 1 is 1.18 bits per heavy atom. The van der Waals surface area contributed by atoms with Crippen LogP contribution in [-0.4, -0.2) is 34.7 Å². The summed E-state index contributed by atoms with van der Waals surface area (Å²) in [5.74, 6) is -0.314. The minimum absolute atomic E-state index is 0.0486. The van der Waals surface area contributed by atoms with E-state index in [4.69, 9.17) is 0 Å². The van der Waals surface area contributed by atoms with E-state index in [1.807, 2.05) is 36.2 Å². The highest BCUT2D eigenvalue weighted by atomic mass is 19.1. The van der Waals surface area contributed by atoms with E-state index >= 15 is 0 Å². The second kappa shape index (κ2) is 6.16. The number of halogens is 1. The van der Waals surface area contributed by atoms with Gasteiger partial charge in [0, 0.05) is 12.6 Å². The highest BCUT2D eigenvalue weighted by Gasteiger charge is 2.33. The van der Waals surface area contributed by atoms with Crippen molar-refractivity contribution in [2.24, 2.45) is 0 Å². The quantitative estimate of drug-likeness (QED) is 0.911. The zero-order valence-electron chi connectivity index (χ0n) is 12.5. The van der Waals surface area contributed by atoms with Crippen molar-refractivity contribution in [3.63, 3.8) is 0 Å². The molecule has 116 valence electrons. The fraction of sp³-hybridized carbons (Fsp3) is 0.333. The van der Waals surface area contributed by atoms with Crippen molar-refractivity contribution in [1.82, 2.24) is 4.90 Å². The average Bonchev–Trinajstić information content (AvgIpc) is 2.85. The van der Waals surface area contributed by atoms with Gasteiger partial charge >= 0.3 is 0 Å². The maximum atomic E-state index is 12.9. The van der Waals surface area contributed by atoms with Crippen LogP contribution in [0.5, 0.6) is 0 Å². The predicted octanol–water partition coefficient (Wildman–Crippen LogP) is 2.45. The molecule has 3 rings (SSSR count). The van der Waals surface area contributed by atoms with Crippen molar-refractivity contribution >= 4 is 0 Å². The molecule has 1 aliphatic carbocycles. The number of nitrogens with zero attached hydrogens (tertiary/aromatic N) is 1. The van der Waals surface area contributed by atoms with E-state index in [0.29, 0.717) is 12.1 Å². The standard InChI is InChI=1S/C18H20FNO2/c1-20(11-17(21)12-6-8-14(19)9-7-12)16-10-13-4-2-3-5-15(13)18(16)22/h2-9,16-18,21-22H,10-11H2,1H3. The largest absolute Gasteiger partial charge is 0.387 e. The third-order valence-electron chi connectivity index (χ3n) is 4.45. The highest BCUT2D eigenvalue weighted by molar-refractivity contribution is 5.36. The Balaban J connectivity index is 1.68. The van der Waals surface area contributed by atoms with E-state index in [0.717, 1.165) is 17.5 Å². The fourth-order valence-corrected chi connectivity index (χ4v) is 3.15. The molecular weight excluding hydrogens is 281 g/mol. The van der Waals surface area contributed by atoms with Crippen molar-refractivity contribution in [1.29, 1.82) is 0 Å². The van der Waals surface area contributed by atoms with E-state index in [1.54, 1.807) is 12.1 Å². The Labute approximate surface area is 129 Å². The molecular formula is C18H20FNO2. The molecule has 0 saturated carbocycles. The van der Waals surface area contributed by atoms with Crippen LogP contribution in [-0.2, 0) is 6.42 Å². The van der Waals surface area contributed by atoms with Gasteiger partial charge in [0.2, 0.25) is 0 Å². The van der Waals surface area contributed by atoms with Crippen LogP contribution in [0.2, 0.25) is 0 Å². The molecule has 0 aromatic heterocycles. The number of hydrogen-bond donors (Lipinski definition) is 2. The van der Waals surface area contributed by atoms with Gasteiger partial charge in [-0.05, 0) is 42.3 Å². The van der Waals surface area contributed by atoms with Gasteiger partial charge in [-0.25, -0.2) is 4.39 Å². The third kappa shape index (κ3) is 2.90. The smallest absolute Gasteiger partial charge is 0.123 e. The van der Waals surface area contributed by atoms with Gasteiger partial charge < -0.3 is 10.2 Å². The minimum atomic E-state index is -0.707.